The molecule has 0 saturated heterocycles. The number of fused-ring (bicyclic) bond motifs is 3. The van der Waals surface area contributed by atoms with Gasteiger partial charge in [-0.2, -0.15) is 0 Å². The lowest BCUT2D eigenvalue weighted by Crippen LogP contribution is -2.42. The van der Waals surface area contributed by atoms with E-state index in [1.165, 1.54) is 18.3 Å². The van der Waals surface area contributed by atoms with Gasteiger partial charge in [0.2, 0.25) is 5.78 Å². The van der Waals surface area contributed by atoms with Gasteiger partial charge in [0.15, 0.2) is 11.6 Å². The zero-order chi connectivity index (χ0) is 21.5. The Morgan fingerprint density at radius 3 is 2.24 bits per heavy atom. The lowest BCUT2D eigenvalue weighted by atomic mass is 9.74. The Kier molecular flexibility index (Phi) is 4.21. The standard InChI is InChI=1S/C21H22O6SSi/c1-9(22)21(27)6-5-10-12(8-21)18(25)15-14(16(10)23)17(24)11-7-13(29(2,3)4)28-20(11)19(15)26/h7,23,25,27H,5-6,8H2,1-4H3. The monoisotopic (exact) mass is 430 g/mol. The van der Waals surface area contributed by atoms with Crippen LogP contribution in [-0.4, -0.2) is 46.3 Å². The van der Waals surface area contributed by atoms with Crippen molar-refractivity contribution in [3.63, 3.8) is 0 Å². The number of ketones is 3. The van der Waals surface area contributed by atoms with Crippen molar-refractivity contribution in [2.75, 3.05) is 0 Å². The number of hydrogen-bond acceptors (Lipinski definition) is 7. The number of carbonyl (C=O) groups excluding carboxylic acids is 3. The van der Waals surface area contributed by atoms with E-state index in [-0.39, 0.29) is 52.1 Å². The Bertz CT molecular complexity index is 1120. The third-order valence-electron chi connectivity index (χ3n) is 5.95. The first-order valence-corrected chi connectivity index (χ1v) is 13.7. The summed E-state index contributed by atoms with van der Waals surface area (Å²) in [5.41, 5.74) is -1.31. The Labute approximate surface area is 172 Å². The highest BCUT2D eigenvalue weighted by molar-refractivity contribution is 7.28. The number of aliphatic hydroxyl groups is 1. The van der Waals surface area contributed by atoms with E-state index in [1.807, 2.05) is 0 Å². The van der Waals surface area contributed by atoms with Gasteiger partial charge in [-0.25, -0.2) is 0 Å². The topological polar surface area (TPSA) is 112 Å². The van der Waals surface area contributed by atoms with E-state index in [0.29, 0.717) is 5.56 Å². The fourth-order valence-corrected chi connectivity index (χ4v) is 7.05. The van der Waals surface area contributed by atoms with Crippen molar-refractivity contribution < 1.29 is 29.7 Å². The van der Waals surface area contributed by atoms with E-state index in [2.05, 4.69) is 19.6 Å². The summed E-state index contributed by atoms with van der Waals surface area (Å²) in [6.07, 6.45) is -0.00774. The van der Waals surface area contributed by atoms with Crippen LogP contribution in [0.4, 0.5) is 0 Å². The predicted molar refractivity (Wildman–Crippen MR) is 112 cm³/mol. The number of Topliss-reactive ketones (excluding diaryl/α,β-unsaturated/α-hetero) is 1. The molecule has 2 aromatic rings. The van der Waals surface area contributed by atoms with E-state index < -0.39 is 36.8 Å². The number of phenols is 2. The number of thiophene rings is 1. The highest BCUT2D eigenvalue weighted by atomic mass is 32.1. The maximum Gasteiger partial charge on any atom is 0.208 e. The molecule has 4 rings (SSSR count). The third kappa shape index (κ3) is 2.73. The molecule has 29 heavy (non-hydrogen) atoms. The van der Waals surface area contributed by atoms with Gasteiger partial charge in [0.1, 0.15) is 17.1 Å². The van der Waals surface area contributed by atoms with E-state index in [4.69, 9.17) is 0 Å². The van der Waals surface area contributed by atoms with Crippen LogP contribution in [0.3, 0.4) is 0 Å². The van der Waals surface area contributed by atoms with Crippen LogP contribution in [0.1, 0.15) is 55.6 Å². The number of aromatic hydroxyl groups is 2. The Hall–Kier alpha value is -2.29. The van der Waals surface area contributed by atoms with Crippen molar-refractivity contribution in [2.24, 2.45) is 0 Å². The van der Waals surface area contributed by atoms with Crippen LogP contribution in [0.2, 0.25) is 19.6 Å². The minimum Gasteiger partial charge on any atom is -0.507 e. The molecule has 0 bridgehead atoms. The van der Waals surface area contributed by atoms with E-state index in [1.54, 1.807) is 6.07 Å². The summed E-state index contributed by atoms with van der Waals surface area (Å²) in [5.74, 6) is -2.17. The van der Waals surface area contributed by atoms with E-state index in [0.717, 1.165) is 4.50 Å². The smallest absolute Gasteiger partial charge is 0.208 e. The highest BCUT2D eigenvalue weighted by Crippen LogP contribution is 2.47. The van der Waals surface area contributed by atoms with Gasteiger partial charge in [-0.15, -0.1) is 11.3 Å². The van der Waals surface area contributed by atoms with Crippen LogP contribution in [0.5, 0.6) is 11.5 Å². The largest absolute Gasteiger partial charge is 0.507 e. The Morgan fingerprint density at radius 2 is 1.66 bits per heavy atom. The van der Waals surface area contributed by atoms with Gasteiger partial charge in [-0.05, 0) is 30.3 Å². The van der Waals surface area contributed by atoms with Crippen molar-refractivity contribution in [1.29, 1.82) is 0 Å². The van der Waals surface area contributed by atoms with Crippen molar-refractivity contribution in [3.8, 4) is 11.5 Å². The van der Waals surface area contributed by atoms with Crippen molar-refractivity contribution >= 4 is 41.3 Å². The van der Waals surface area contributed by atoms with Crippen molar-refractivity contribution in [2.45, 2.75) is 51.4 Å². The van der Waals surface area contributed by atoms with Gasteiger partial charge in [-0.1, -0.05) is 19.6 Å². The quantitative estimate of drug-likeness (QED) is 0.425. The van der Waals surface area contributed by atoms with Gasteiger partial charge >= 0.3 is 0 Å². The van der Waals surface area contributed by atoms with Crippen molar-refractivity contribution in [1.82, 2.24) is 0 Å². The molecule has 6 nitrogen and oxygen atoms in total. The average molecular weight is 431 g/mol. The summed E-state index contributed by atoms with van der Waals surface area (Å²) in [4.78, 5) is 38.6. The second-order valence-corrected chi connectivity index (χ2v) is 15.4. The summed E-state index contributed by atoms with van der Waals surface area (Å²) in [6.45, 7) is 7.61. The van der Waals surface area contributed by atoms with Crippen LogP contribution >= 0.6 is 11.3 Å². The fourth-order valence-electron chi connectivity index (χ4n) is 4.09. The van der Waals surface area contributed by atoms with Gasteiger partial charge in [-0.3, -0.25) is 14.4 Å². The SMILES string of the molecule is CC(=O)C1(O)CCc2c(O)c3c(c(O)c2C1)C(=O)c1sc([Si](C)(C)C)cc1C3=O. The van der Waals surface area contributed by atoms with Crippen LogP contribution < -0.4 is 4.50 Å². The molecule has 8 heteroatoms. The average Bonchev–Trinajstić information content (AvgIpc) is 3.09. The van der Waals surface area contributed by atoms with Crippen LogP contribution in [0.25, 0.3) is 0 Å². The molecule has 1 unspecified atom stereocenters. The zero-order valence-electron chi connectivity index (χ0n) is 16.7. The first-order chi connectivity index (χ1) is 13.4. The third-order valence-corrected chi connectivity index (χ3v) is 10.7. The normalized spacial score (nSPS) is 20.9. The molecule has 3 N–H and O–H groups in total. The molecule has 0 saturated carbocycles. The molecular weight excluding hydrogens is 408 g/mol. The number of rotatable bonds is 2. The summed E-state index contributed by atoms with van der Waals surface area (Å²) in [5, 5.41) is 32.4. The molecule has 2 aliphatic rings. The maximum atomic E-state index is 13.2. The Balaban J connectivity index is 1.96. The van der Waals surface area contributed by atoms with E-state index in [9.17, 15) is 29.7 Å². The number of phenolic OH excluding ortho intramolecular Hbond substituents is 2. The molecule has 152 valence electrons. The minimum absolute atomic E-state index is 0.0761. The summed E-state index contributed by atoms with van der Waals surface area (Å²) in [7, 11) is -1.78. The molecule has 1 aromatic heterocycles. The molecule has 0 radical (unpaired) electrons. The Morgan fingerprint density at radius 1 is 1.07 bits per heavy atom. The van der Waals surface area contributed by atoms with Gasteiger partial charge < -0.3 is 15.3 Å². The molecule has 0 fully saturated rings. The lowest BCUT2D eigenvalue weighted by Gasteiger charge is -2.33. The second kappa shape index (κ2) is 6.10. The molecular formula is C21H22O6SSi. The first-order valence-electron chi connectivity index (χ1n) is 9.43. The number of hydrogen-bond donors (Lipinski definition) is 3. The molecule has 1 heterocycles. The maximum absolute atomic E-state index is 13.2. The molecule has 1 atom stereocenters. The zero-order valence-corrected chi connectivity index (χ0v) is 18.5. The highest BCUT2D eigenvalue weighted by Gasteiger charge is 2.44. The molecule has 0 spiro atoms. The molecule has 2 aliphatic carbocycles. The van der Waals surface area contributed by atoms with Crippen molar-refractivity contribution in [3.05, 3.63) is 38.8 Å². The van der Waals surface area contributed by atoms with Gasteiger partial charge in [0, 0.05) is 23.1 Å². The lowest BCUT2D eigenvalue weighted by molar-refractivity contribution is -0.136. The first kappa shape index (κ1) is 20.0. The summed E-state index contributed by atoms with van der Waals surface area (Å²) >= 11 is 1.27. The summed E-state index contributed by atoms with van der Waals surface area (Å²) < 4.78 is 0.992. The molecule has 0 amide bonds. The van der Waals surface area contributed by atoms with E-state index >= 15 is 0 Å². The predicted octanol–water partition coefficient (Wildman–Crippen LogP) is 2.29. The van der Waals surface area contributed by atoms with Crippen LogP contribution in [0, 0.1) is 0 Å². The number of carbonyl (C=O) groups is 3. The fraction of sp³-hybridized carbons (Fsp3) is 0.381. The van der Waals surface area contributed by atoms with Crippen LogP contribution in [-0.2, 0) is 17.6 Å². The van der Waals surface area contributed by atoms with Gasteiger partial charge in [0.25, 0.3) is 0 Å². The molecule has 0 aliphatic heterocycles. The summed E-state index contributed by atoms with van der Waals surface area (Å²) in [6, 6.07) is 1.75. The van der Waals surface area contributed by atoms with Gasteiger partial charge in [0.05, 0.1) is 24.1 Å². The molecule has 1 aromatic carbocycles. The second-order valence-electron chi connectivity index (χ2n) is 8.93. The minimum atomic E-state index is -1.78. The van der Waals surface area contributed by atoms with Crippen LogP contribution in [0.15, 0.2) is 6.07 Å². The number of benzene rings is 1.